The second kappa shape index (κ2) is 8.04. The van der Waals surface area contributed by atoms with Gasteiger partial charge in [0.05, 0.1) is 11.6 Å². The molecule has 0 aliphatic heterocycles. The Morgan fingerprint density at radius 1 is 1.11 bits per heavy atom. The first-order valence-corrected chi connectivity index (χ1v) is 10.1. The number of anilines is 1. The topological polar surface area (TPSA) is 76.9 Å². The van der Waals surface area contributed by atoms with Crippen molar-refractivity contribution in [3.05, 3.63) is 86.2 Å². The van der Waals surface area contributed by atoms with Crippen LogP contribution in [-0.2, 0) is 17.8 Å². The Morgan fingerprint density at radius 3 is 2.75 bits per heavy atom. The molecule has 2 aromatic heterocycles. The third kappa shape index (κ3) is 4.02. The Bertz CT molecular complexity index is 1220. The van der Waals surface area contributed by atoms with Gasteiger partial charge in [-0.1, -0.05) is 52.3 Å². The molecule has 0 aliphatic carbocycles. The summed E-state index contributed by atoms with van der Waals surface area (Å²) in [5, 5.41) is 8.61. The van der Waals surface area contributed by atoms with Crippen LogP contribution in [0.4, 0.5) is 5.13 Å². The first kappa shape index (κ1) is 18.5. The number of aromatic nitrogens is 3. The van der Waals surface area contributed by atoms with Crippen molar-refractivity contribution in [2.45, 2.75) is 13.0 Å². The van der Waals surface area contributed by atoms with Gasteiger partial charge in [0.1, 0.15) is 6.54 Å². The quantitative estimate of drug-likeness (QED) is 0.496. The number of thiazole rings is 1. The van der Waals surface area contributed by atoms with Gasteiger partial charge >= 0.3 is 0 Å². The van der Waals surface area contributed by atoms with Crippen LogP contribution >= 0.6 is 27.3 Å². The van der Waals surface area contributed by atoms with Crippen molar-refractivity contribution in [1.82, 2.24) is 14.8 Å². The highest BCUT2D eigenvalue weighted by molar-refractivity contribution is 9.10. The van der Waals surface area contributed by atoms with Gasteiger partial charge in [-0.25, -0.2) is 9.67 Å². The van der Waals surface area contributed by atoms with Crippen molar-refractivity contribution >= 4 is 49.1 Å². The highest BCUT2D eigenvalue weighted by atomic mass is 79.9. The van der Waals surface area contributed by atoms with Crippen molar-refractivity contribution in [2.75, 3.05) is 5.32 Å². The summed E-state index contributed by atoms with van der Waals surface area (Å²) in [6.45, 7) is -0.164. The maximum atomic E-state index is 12.5. The second-order valence-corrected chi connectivity index (χ2v) is 8.11. The maximum Gasteiger partial charge on any atom is 0.275 e. The average molecular weight is 455 g/mol. The van der Waals surface area contributed by atoms with E-state index in [9.17, 15) is 9.59 Å². The molecule has 1 N–H and O–H groups in total. The number of rotatable bonds is 5. The van der Waals surface area contributed by atoms with Crippen LogP contribution in [0.3, 0.4) is 0 Å². The number of nitrogens with zero attached hydrogens (tertiary/aromatic N) is 3. The Kier molecular flexibility index (Phi) is 5.31. The molecule has 140 valence electrons. The van der Waals surface area contributed by atoms with Crippen LogP contribution in [0.5, 0.6) is 0 Å². The molecule has 6 nitrogen and oxygen atoms in total. The van der Waals surface area contributed by atoms with Crippen molar-refractivity contribution < 1.29 is 4.79 Å². The molecular weight excluding hydrogens is 440 g/mol. The van der Waals surface area contributed by atoms with E-state index in [0.717, 1.165) is 31.4 Å². The molecule has 28 heavy (non-hydrogen) atoms. The molecule has 0 atom stereocenters. The summed E-state index contributed by atoms with van der Waals surface area (Å²) in [5.41, 5.74) is 0.859. The van der Waals surface area contributed by atoms with Gasteiger partial charge in [-0.15, -0.1) is 11.3 Å². The number of fused-ring (bicyclic) bond motifs is 1. The lowest BCUT2D eigenvalue weighted by atomic mass is 10.1. The Labute approximate surface area is 173 Å². The Morgan fingerprint density at radius 2 is 1.89 bits per heavy atom. The highest BCUT2D eigenvalue weighted by Crippen LogP contribution is 2.24. The zero-order valence-corrected chi connectivity index (χ0v) is 17.0. The van der Waals surface area contributed by atoms with Crippen LogP contribution in [-0.4, -0.2) is 20.7 Å². The predicted octanol–water partition coefficient (Wildman–Crippen LogP) is 3.85. The SMILES string of the molecule is O=C(Cn1ncc2ccccc2c1=O)Nc1ncc(Cc2ccccc2Br)s1. The molecule has 0 fully saturated rings. The number of benzene rings is 2. The summed E-state index contributed by atoms with van der Waals surface area (Å²) in [7, 11) is 0. The Hall–Kier alpha value is -2.84. The lowest BCUT2D eigenvalue weighted by Crippen LogP contribution is -2.29. The van der Waals surface area contributed by atoms with Gasteiger partial charge in [0.25, 0.3) is 5.56 Å². The highest BCUT2D eigenvalue weighted by Gasteiger charge is 2.11. The normalized spacial score (nSPS) is 10.9. The summed E-state index contributed by atoms with van der Waals surface area (Å²) in [5.74, 6) is -0.341. The summed E-state index contributed by atoms with van der Waals surface area (Å²) in [6.07, 6.45) is 4.06. The number of halogens is 1. The van der Waals surface area contributed by atoms with E-state index in [1.54, 1.807) is 24.5 Å². The third-order valence-electron chi connectivity index (χ3n) is 4.18. The first-order valence-electron chi connectivity index (χ1n) is 8.53. The van der Waals surface area contributed by atoms with E-state index in [1.165, 1.54) is 11.3 Å². The average Bonchev–Trinajstić information content (AvgIpc) is 3.13. The van der Waals surface area contributed by atoms with Crippen LogP contribution < -0.4 is 10.9 Å². The number of amides is 1. The molecule has 1 amide bonds. The van der Waals surface area contributed by atoms with Gasteiger partial charge in [0.15, 0.2) is 5.13 Å². The Balaban J connectivity index is 1.45. The van der Waals surface area contributed by atoms with Crippen molar-refractivity contribution in [1.29, 1.82) is 0 Å². The van der Waals surface area contributed by atoms with Crippen LogP contribution in [0.25, 0.3) is 10.8 Å². The molecule has 0 aliphatic rings. The number of hydrogen-bond acceptors (Lipinski definition) is 5. The summed E-state index contributed by atoms with van der Waals surface area (Å²) >= 11 is 4.95. The standard InChI is InChI=1S/C20H15BrN4O2S/c21-17-8-4-2-5-13(17)9-15-11-22-20(28-15)24-18(26)12-25-19(27)16-7-3-1-6-14(16)10-23-25/h1-8,10-11H,9,12H2,(H,22,24,26). The lowest BCUT2D eigenvalue weighted by Gasteiger charge is -2.05. The van der Waals surface area contributed by atoms with Crippen LogP contribution in [0.15, 0.2) is 70.2 Å². The number of nitrogens with one attached hydrogen (secondary N) is 1. The van der Waals surface area contributed by atoms with Crippen LogP contribution in [0.2, 0.25) is 0 Å². The molecule has 0 radical (unpaired) electrons. The number of hydrogen-bond donors (Lipinski definition) is 1. The van der Waals surface area contributed by atoms with E-state index in [-0.39, 0.29) is 18.0 Å². The monoisotopic (exact) mass is 454 g/mol. The zero-order valence-electron chi connectivity index (χ0n) is 14.6. The summed E-state index contributed by atoms with van der Waals surface area (Å²) in [4.78, 5) is 30.1. The lowest BCUT2D eigenvalue weighted by molar-refractivity contribution is -0.117. The van der Waals surface area contributed by atoms with Gasteiger partial charge < -0.3 is 5.32 Å². The second-order valence-electron chi connectivity index (χ2n) is 6.14. The fourth-order valence-electron chi connectivity index (χ4n) is 2.81. The zero-order chi connectivity index (χ0) is 19.5. The van der Waals surface area contributed by atoms with E-state index in [2.05, 4.69) is 31.3 Å². The molecule has 0 saturated carbocycles. The molecule has 4 aromatic rings. The van der Waals surface area contributed by atoms with Crippen molar-refractivity contribution in [3.63, 3.8) is 0 Å². The van der Waals surface area contributed by atoms with Crippen LogP contribution in [0.1, 0.15) is 10.4 Å². The van der Waals surface area contributed by atoms with E-state index in [0.29, 0.717) is 10.5 Å². The molecule has 0 bridgehead atoms. The first-order chi connectivity index (χ1) is 13.6. The summed E-state index contributed by atoms with van der Waals surface area (Å²) in [6, 6.07) is 15.2. The minimum atomic E-state index is -0.341. The molecule has 4 rings (SSSR count). The van der Waals surface area contributed by atoms with Crippen molar-refractivity contribution in [2.24, 2.45) is 0 Å². The molecule has 0 saturated heterocycles. The number of carbonyl (C=O) groups is 1. The maximum absolute atomic E-state index is 12.5. The molecular formula is C20H15BrN4O2S. The molecule has 2 heterocycles. The fourth-order valence-corrected chi connectivity index (χ4v) is 4.09. The van der Waals surface area contributed by atoms with E-state index in [4.69, 9.17) is 0 Å². The van der Waals surface area contributed by atoms with Crippen LogP contribution in [0, 0.1) is 0 Å². The molecule has 0 spiro atoms. The fraction of sp³-hybridized carbons (Fsp3) is 0.100. The van der Waals surface area contributed by atoms with E-state index >= 15 is 0 Å². The minimum Gasteiger partial charge on any atom is -0.300 e. The largest absolute Gasteiger partial charge is 0.300 e. The van der Waals surface area contributed by atoms with Gasteiger partial charge in [-0.2, -0.15) is 5.10 Å². The van der Waals surface area contributed by atoms with Gasteiger partial charge in [0, 0.05) is 27.4 Å². The van der Waals surface area contributed by atoms with Gasteiger partial charge in [-0.05, 0) is 17.7 Å². The number of carbonyl (C=O) groups excluding carboxylic acids is 1. The third-order valence-corrected chi connectivity index (χ3v) is 5.86. The van der Waals surface area contributed by atoms with E-state index in [1.807, 2.05) is 36.4 Å². The predicted molar refractivity (Wildman–Crippen MR) is 114 cm³/mol. The van der Waals surface area contributed by atoms with Crippen molar-refractivity contribution in [3.8, 4) is 0 Å². The van der Waals surface area contributed by atoms with E-state index < -0.39 is 0 Å². The minimum absolute atomic E-state index is 0.164. The molecule has 8 heteroatoms. The van der Waals surface area contributed by atoms with Gasteiger partial charge in [-0.3, -0.25) is 9.59 Å². The smallest absolute Gasteiger partial charge is 0.275 e. The van der Waals surface area contributed by atoms with Gasteiger partial charge in [0.2, 0.25) is 5.91 Å². The summed E-state index contributed by atoms with van der Waals surface area (Å²) < 4.78 is 2.20. The molecule has 2 aromatic carbocycles. The molecule has 0 unspecified atom stereocenters.